The van der Waals surface area contributed by atoms with Crippen molar-refractivity contribution >= 4 is 0 Å². The number of aliphatic hydroxyl groups is 1. The van der Waals surface area contributed by atoms with Gasteiger partial charge in [-0.2, -0.15) is 0 Å². The highest BCUT2D eigenvalue weighted by Gasteiger charge is 2.47. The van der Waals surface area contributed by atoms with Crippen LogP contribution in [0.15, 0.2) is 0 Å². The van der Waals surface area contributed by atoms with Crippen molar-refractivity contribution in [3.63, 3.8) is 0 Å². The Morgan fingerprint density at radius 3 is 2.50 bits per heavy atom. The molecular weight excluding hydrogens is 174 g/mol. The Morgan fingerprint density at radius 2 is 2.07 bits per heavy atom. The van der Waals surface area contributed by atoms with Gasteiger partial charge < -0.3 is 10.4 Å². The molecule has 3 unspecified atom stereocenters. The van der Waals surface area contributed by atoms with Gasteiger partial charge in [-0.25, -0.2) is 0 Å². The van der Waals surface area contributed by atoms with Gasteiger partial charge in [-0.05, 0) is 37.6 Å². The van der Waals surface area contributed by atoms with Crippen LogP contribution in [0.5, 0.6) is 0 Å². The lowest BCUT2D eigenvalue weighted by molar-refractivity contribution is -0.0732. The normalized spacial score (nSPS) is 37.7. The van der Waals surface area contributed by atoms with E-state index < -0.39 is 0 Å². The minimum Gasteiger partial charge on any atom is -0.392 e. The highest BCUT2D eigenvalue weighted by molar-refractivity contribution is 5.01. The van der Waals surface area contributed by atoms with E-state index in [4.69, 9.17) is 0 Å². The fourth-order valence-electron chi connectivity index (χ4n) is 2.41. The molecule has 0 aromatic carbocycles. The first-order valence-electron chi connectivity index (χ1n) is 5.93. The van der Waals surface area contributed by atoms with Crippen molar-refractivity contribution in [2.24, 2.45) is 17.3 Å². The van der Waals surface area contributed by atoms with E-state index in [1.54, 1.807) is 0 Å². The quantitative estimate of drug-likeness (QED) is 0.720. The van der Waals surface area contributed by atoms with E-state index in [9.17, 15) is 5.11 Å². The molecule has 2 aliphatic rings. The molecule has 2 N–H and O–H groups in total. The van der Waals surface area contributed by atoms with E-state index in [-0.39, 0.29) is 11.5 Å². The third-order valence-corrected chi connectivity index (χ3v) is 4.33. The number of hydrogen-bond acceptors (Lipinski definition) is 2. The summed E-state index contributed by atoms with van der Waals surface area (Å²) in [7, 11) is 0. The second-order valence-electron chi connectivity index (χ2n) is 5.85. The zero-order chi connectivity index (χ0) is 10.3. The predicted octanol–water partition coefficient (Wildman–Crippen LogP) is 1.78. The number of aliphatic hydroxyl groups excluding tert-OH is 1. The fraction of sp³-hybridized carbons (Fsp3) is 1.00. The third kappa shape index (κ3) is 1.82. The third-order valence-electron chi connectivity index (χ3n) is 4.33. The maximum atomic E-state index is 9.59. The molecule has 2 heteroatoms. The molecule has 3 atom stereocenters. The fourth-order valence-corrected chi connectivity index (χ4v) is 2.41. The van der Waals surface area contributed by atoms with Gasteiger partial charge >= 0.3 is 0 Å². The minimum atomic E-state index is -0.101. The first kappa shape index (κ1) is 10.4. The average molecular weight is 197 g/mol. The van der Waals surface area contributed by atoms with Crippen LogP contribution in [-0.2, 0) is 0 Å². The topological polar surface area (TPSA) is 32.3 Å². The maximum Gasteiger partial charge on any atom is 0.0621 e. The summed E-state index contributed by atoms with van der Waals surface area (Å²) in [5.41, 5.74) is 0.0866. The molecule has 0 saturated heterocycles. The zero-order valence-corrected chi connectivity index (χ0v) is 9.59. The molecule has 0 aromatic heterocycles. The van der Waals surface area contributed by atoms with Crippen molar-refractivity contribution in [3.05, 3.63) is 0 Å². The van der Waals surface area contributed by atoms with Gasteiger partial charge in [0, 0.05) is 11.5 Å². The molecule has 14 heavy (non-hydrogen) atoms. The lowest BCUT2D eigenvalue weighted by atomic mass is 9.64. The first-order chi connectivity index (χ1) is 6.51. The van der Waals surface area contributed by atoms with Gasteiger partial charge in [-0.1, -0.05) is 20.8 Å². The highest BCUT2D eigenvalue weighted by atomic mass is 16.3. The minimum absolute atomic E-state index is 0.0866. The van der Waals surface area contributed by atoms with Gasteiger partial charge in [0.05, 0.1) is 6.10 Å². The average Bonchev–Trinajstić information content (AvgIpc) is 2.94. The summed E-state index contributed by atoms with van der Waals surface area (Å²) >= 11 is 0. The second kappa shape index (κ2) is 3.49. The summed E-state index contributed by atoms with van der Waals surface area (Å²) < 4.78 is 0. The summed E-state index contributed by atoms with van der Waals surface area (Å²) in [6, 6.07) is 0.527. The Labute approximate surface area is 87.1 Å². The van der Waals surface area contributed by atoms with Gasteiger partial charge in [-0.3, -0.25) is 0 Å². The van der Waals surface area contributed by atoms with Crippen LogP contribution in [0.2, 0.25) is 0 Å². The molecule has 0 spiro atoms. The second-order valence-corrected chi connectivity index (χ2v) is 5.85. The molecule has 0 radical (unpaired) electrons. The van der Waals surface area contributed by atoms with Gasteiger partial charge in [0.25, 0.3) is 0 Å². The maximum absolute atomic E-state index is 9.59. The van der Waals surface area contributed by atoms with Gasteiger partial charge in [0.2, 0.25) is 0 Å². The molecule has 0 amide bonds. The molecular formula is C12H23NO. The molecule has 2 saturated carbocycles. The Bertz CT molecular complexity index is 210. The summed E-state index contributed by atoms with van der Waals surface area (Å²) in [6.07, 6.45) is 3.69. The van der Waals surface area contributed by atoms with Crippen molar-refractivity contribution in [2.45, 2.75) is 52.2 Å². The van der Waals surface area contributed by atoms with Crippen LogP contribution in [0.25, 0.3) is 0 Å². The molecule has 82 valence electrons. The summed E-state index contributed by atoms with van der Waals surface area (Å²) in [5.74, 6) is 1.80. The van der Waals surface area contributed by atoms with Crippen LogP contribution < -0.4 is 5.32 Å². The van der Waals surface area contributed by atoms with E-state index in [1.807, 2.05) is 0 Å². The van der Waals surface area contributed by atoms with Crippen LogP contribution in [-0.4, -0.2) is 23.8 Å². The molecule has 2 nitrogen and oxygen atoms in total. The molecule has 0 aromatic rings. The van der Waals surface area contributed by atoms with Gasteiger partial charge in [-0.15, -0.1) is 0 Å². The standard InChI is InChI=1S/C12H23NO/c1-8(9-4-5-9)7-13-10-6-11(14)12(10,2)3/h8-11,13-14H,4-7H2,1-3H3. The van der Waals surface area contributed by atoms with Crippen LogP contribution in [0.3, 0.4) is 0 Å². The monoisotopic (exact) mass is 197 g/mol. The molecule has 0 bridgehead atoms. The van der Waals surface area contributed by atoms with E-state index in [1.165, 1.54) is 12.8 Å². The Kier molecular flexibility index (Phi) is 2.61. The number of hydrogen-bond donors (Lipinski definition) is 2. The predicted molar refractivity (Wildman–Crippen MR) is 58.1 cm³/mol. The van der Waals surface area contributed by atoms with Crippen molar-refractivity contribution < 1.29 is 5.11 Å². The summed E-state index contributed by atoms with van der Waals surface area (Å²) in [5, 5.41) is 13.2. The molecule has 2 rings (SSSR count). The van der Waals surface area contributed by atoms with Crippen molar-refractivity contribution in [2.75, 3.05) is 6.54 Å². The largest absolute Gasteiger partial charge is 0.392 e. The van der Waals surface area contributed by atoms with Crippen LogP contribution in [0.1, 0.15) is 40.0 Å². The SMILES string of the molecule is CC(CNC1CC(O)C1(C)C)C1CC1. The van der Waals surface area contributed by atoms with E-state index >= 15 is 0 Å². The van der Waals surface area contributed by atoms with E-state index in [2.05, 4.69) is 26.1 Å². The number of rotatable bonds is 4. The van der Waals surface area contributed by atoms with Crippen LogP contribution in [0, 0.1) is 17.3 Å². The molecule has 0 aliphatic heterocycles. The highest BCUT2D eigenvalue weighted by Crippen LogP contribution is 2.41. The first-order valence-corrected chi connectivity index (χ1v) is 5.93. The van der Waals surface area contributed by atoms with E-state index in [0.29, 0.717) is 6.04 Å². The summed E-state index contributed by atoms with van der Waals surface area (Å²) in [4.78, 5) is 0. The zero-order valence-electron chi connectivity index (χ0n) is 9.59. The van der Waals surface area contributed by atoms with E-state index in [0.717, 1.165) is 24.8 Å². The van der Waals surface area contributed by atoms with Gasteiger partial charge in [0.1, 0.15) is 0 Å². The van der Waals surface area contributed by atoms with Crippen molar-refractivity contribution in [3.8, 4) is 0 Å². The van der Waals surface area contributed by atoms with Crippen molar-refractivity contribution in [1.29, 1.82) is 0 Å². The van der Waals surface area contributed by atoms with Crippen LogP contribution >= 0.6 is 0 Å². The smallest absolute Gasteiger partial charge is 0.0621 e. The molecule has 2 aliphatic carbocycles. The van der Waals surface area contributed by atoms with Crippen LogP contribution in [0.4, 0.5) is 0 Å². The Balaban J connectivity index is 1.71. The number of nitrogens with one attached hydrogen (secondary N) is 1. The lowest BCUT2D eigenvalue weighted by Crippen LogP contribution is -2.60. The Morgan fingerprint density at radius 1 is 1.43 bits per heavy atom. The molecule has 2 fully saturated rings. The van der Waals surface area contributed by atoms with Gasteiger partial charge in [0.15, 0.2) is 0 Å². The molecule has 0 heterocycles. The Hall–Kier alpha value is -0.0800. The lowest BCUT2D eigenvalue weighted by Gasteiger charge is -2.50. The summed E-state index contributed by atoms with van der Waals surface area (Å²) in [6.45, 7) is 7.78. The van der Waals surface area contributed by atoms with Crippen molar-refractivity contribution in [1.82, 2.24) is 5.32 Å².